The molecule has 0 radical (unpaired) electrons. The molecule has 0 atom stereocenters. The summed E-state index contributed by atoms with van der Waals surface area (Å²) in [6.45, 7) is 6.64. The summed E-state index contributed by atoms with van der Waals surface area (Å²) in [6, 6.07) is 0. The first-order valence-electron chi connectivity index (χ1n) is 6.08. The number of rotatable bonds is 0. The minimum atomic E-state index is 1.32. The van der Waals surface area contributed by atoms with Crippen molar-refractivity contribution in [2.75, 3.05) is 20.1 Å². The molecule has 0 amide bonds. The summed E-state index contributed by atoms with van der Waals surface area (Å²) < 4.78 is 0. The summed E-state index contributed by atoms with van der Waals surface area (Å²) in [4.78, 5) is 2.48. The summed E-state index contributed by atoms with van der Waals surface area (Å²) >= 11 is 0. The molecule has 0 aromatic rings. The van der Waals surface area contributed by atoms with Gasteiger partial charge in [0, 0.05) is 0 Å². The maximum Gasteiger partial charge on any atom is -0.00218 e. The quantitative estimate of drug-likeness (QED) is 0.556. The summed E-state index contributed by atoms with van der Waals surface area (Å²) in [5, 5.41) is 0. The molecule has 0 saturated carbocycles. The molecule has 0 aromatic carbocycles. The monoisotopic (exact) mass is 185 g/mol. The zero-order valence-electron chi connectivity index (χ0n) is 9.81. The van der Waals surface area contributed by atoms with E-state index < -0.39 is 0 Å². The molecule has 0 N–H and O–H groups in total. The highest BCUT2D eigenvalue weighted by Gasteiger charge is 2.00. The fourth-order valence-corrected chi connectivity index (χ4v) is 1.76. The lowest BCUT2D eigenvalue weighted by Crippen LogP contribution is -2.21. The fraction of sp³-hybridized carbons (Fsp3) is 1.00. The van der Waals surface area contributed by atoms with Crippen LogP contribution in [0.5, 0.6) is 0 Å². The van der Waals surface area contributed by atoms with Crippen LogP contribution in [0.15, 0.2) is 0 Å². The average molecular weight is 185 g/mol. The molecule has 1 rings (SSSR count). The Bertz CT molecular complexity index is 81.1. The zero-order valence-corrected chi connectivity index (χ0v) is 9.81. The van der Waals surface area contributed by atoms with E-state index in [1.165, 1.54) is 58.0 Å². The van der Waals surface area contributed by atoms with Crippen molar-refractivity contribution >= 4 is 0 Å². The van der Waals surface area contributed by atoms with Crippen LogP contribution in [0.3, 0.4) is 0 Å². The van der Waals surface area contributed by atoms with E-state index in [2.05, 4.69) is 11.9 Å². The summed E-state index contributed by atoms with van der Waals surface area (Å²) in [6.07, 6.45) is 10.1. The van der Waals surface area contributed by atoms with Crippen LogP contribution in [-0.4, -0.2) is 25.0 Å². The van der Waals surface area contributed by atoms with Crippen molar-refractivity contribution in [1.82, 2.24) is 4.90 Å². The fourth-order valence-electron chi connectivity index (χ4n) is 1.76. The molecule has 0 aromatic heterocycles. The molecular formula is C12H27N. The van der Waals surface area contributed by atoms with Crippen LogP contribution >= 0.6 is 0 Å². The van der Waals surface area contributed by atoms with Crippen LogP contribution in [-0.2, 0) is 0 Å². The van der Waals surface area contributed by atoms with E-state index in [4.69, 9.17) is 0 Å². The predicted molar refractivity (Wildman–Crippen MR) is 61.2 cm³/mol. The van der Waals surface area contributed by atoms with Crippen LogP contribution in [0.25, 0.3) is 0 Å². The lowest BCUT2D eigenvalue weighted by Gasteiger charge is -2.17. The van der Waals surface area contributed by atoms with E-state index >= 15 is 0 Å². The Morgan fingerprint density at radius 3 is 1.31 bits per heavy atom. The van der Waals surface area contributed by atoms with Crippen molar-refractivity contribution < 1.29 is 0 Å². The van der Waals surface area contributed by atoms with Crippen LogP contribution in [0, 0.1) is 0 Å². The third kappa shape index (κ3) is 8.29. The summed E-state index contributed by atoms with van der Waals surface area (Å²) in [5.41, 5.74) is 0. The molecule has 1 heterocycles. The van der Waals surface area contributed by atoms with Crippen molar-refractivity contribution in [3.63, 3.8) is 0 Å². The van der Waals surface area contributed by atoms with Crippen molar-refractivity contribution in [2.24, 2.45) is 0 Å². The van der Waals surface area contributed by atoms with Gasteiger partial charge in [0.05, 0.1) is 0 Å². The molecule has 0 aliphatic carbocycles. The Morgan fingerprint density at radius 2 is 0.923 bits per heavy atom. The van der Waals surface area contributed by atoms with E-state index in [9.17, 15) is 0 Å². The molecular weight excluding hydrogens is 158 g/mol. The summed E-state index contributed by atoms with van der Waals surface area (Å²) in [5.74, 6) is 0. The second-order valence-corrected chi connectivity index (χ2v) is 3.78. The Balaban J connectivity index is 0.000000671. The largest absolute Gasteiger partial charge is 0.306 e. The molecule has 80 valence electrons. The van der Waals surface area contributed by atoms with Gasteiger partial charge in [-0.3, -0.25) is 0 Å². The number of nitrogens with zero attached hydrogens (tertiary/aromatic N) is 1. The van der Waals surface area contributed by atoms with Crippen LogP contribution < -0.4 is 0 Å². The van der Waals surface area contributed by atoms with E-state index in [0.29, 0.717) is 0 Å². The average Bonchev–Trinajstić information content (AvgIpc) is 2.19. The van der Waals surface area contributed by atoms with Gasteiger partial charge >= 0.3 is 0 Å². The molecule has 13 heavy (non-hydrogen) atoms. The maximum atomic E-state index is 2.48. The predicted octanol–water partition coefficient (Wildman–Crippen LogP) is 3.69. The van der Waals surface area contributed by atoms with Gasteiger partial charge in [-0.05, 0) is 33.0 Å². The van der Waals surface area contributed by atoms with Crippen molar-refractivity contribution in [3.8, 4) is 0 Å². The topological polar surface area (TPSA) is 3.24 Å². The lowest BCUT2D eigenvalue weighted by molar-refractivity contribution is 0.307. The Hall–Kier alpha value is -0.0400. The van der Waals surface area contributed by atoms with E-state index in [-0.39, 0.29) is 0 Å². The van der Waals surface area contributed by atoms with Crippen LogP contribution in [0.2, 0.25) is 0 Å². The van der Waals surface area contributed by atoms with Crippen molar-refractivity contribution in [3.05, 3.63) is 0 Å². The second-order valence-electron chi connectivity index (χ2n) is 3.78. The molecule has 1 aliphatic heterocycles. The molecule has 0 bridgehead atoms. The molecule has 1 nitrogen and oxygen atoms in total. The highest BCUT2D eigenvalue weighted by Crippen LogP contribution is 2.10. The molecule has 1 aliphatic rings. The van der Waals surface area contributed by atoms with Gasteiger partial charge in [-0.2, -0.15) is 0 Å². The molecule has 1 fully saturated rings. The first kappa shape index (κ1) is 13.0. The van der Waals surface area contributed by atoms with Gasteiger partial charge in [0.1, 0.15) is 0 Å². The van der Waals surface area contributed by atoms with Crippen LogP contribution in [0.4, 0.5) is 0 Å². The van der Waals surface area contributed by atoms with Crippen LogP contribution in [0.1, 0.15) is 58.8 Å². The Labute approximate surface area is 84.5 Å². The standard InChI is InChI=1S/C10H21N.C2H6/c1-11-9-7-5-3-2-4-6-8-10-11;1-2/h2-10H2,1H3;1-2H3. The SMILES string of the molecule is CC.CN1CCCCCCCCC1. The minimum absolute atomic E-state index is 1.32. The normalized spacial score (nSPS) is 21.5. The first-order valence-corrected chi connectivity index (χ1v) is 6.08. The third-order valence-corrected chi connectivity index (χ3v) is 2.58. The lowest BCUT2D eigenvalue weighted by atomic mass is 10.1. The van der Waals surface area contributed by atoms with Crippen molar-refractivity contribution in [2.45, 2.75) is 58.8 Å². The Morgan fingerprint density at radius 1 is 0.615 bits per heavy atom. The first-order chi connectivity index (χ1) is 6.39. The van der Waals surface area contributed by atoms with Gasteiger partial charge in [0.15, 0.2) is 0 Å². The van der Waals surface area contributed by atoms with E-state index in [1.807, 2.05) is 13.8 Å². The van der Waals surface area contributed by atoms with Gasteiger partial charge in [-0.1, -0.05) is 46.0 Å². The van der Waals surface area contributed by atoms with E-state index in [0.717, 1.165) is 0 Å². The minimum Gasteiger partial charge on any atom is -0.306 e. The third-order valence-electron chi connectivity index (χ3n) is 2.58. The Kier molecular flexibility index (Phi) is 10.0. The highest BCUT2D eigenvalue weighted by atomic mass is 15.1. The van der Waals surface area contributed by atoms with Gasteiger partial charge in [-0.25, -0.2) is 0 Å². The zero-order chi connectivity index (χ0) is 9.94. The van der Waals surface area contributed by atoms with Crippen molar-refractivity contribution in [1.29, 1.82) is 0 Å². The molecule has 0 spiro atoms. The van der Waals surface area contributed by atoms with E-state index in [1.54, 1.807) is 0 Å². The molecule has 1 heteroatoms. The highest BCUT2D eigenvalue weighted by molar-refractivity contribution is 4.56. The maximum absolute atomic E-state index is 2.48. The number of hydrogen-bond donors (Lipinski definition) is 0. The van der Waals surface area contributed by atoms with Gasteiger partial charge in [0.25, 0.3) is 0 Å². The molecule has 0 unspecified atom stereocenters. The van der Waals surface area contributed by atoms with Gasteiger partial charge in [0.2, 0.25) is 0 Å². The number of hydrogen-bond acceptors (Lipinski definition) is 1. The summed E-state index contributed by atoms with van der Waals surface area (Å²) in [7, 11) is 2.25. The second kappa shape index (κ2) is 10.0. The van der Waals surface area contributed by atoms with Gasteiger partial charge < -0.3 is 4.90 Å². The smallest absolute Gasteiger partial charge is 0.00218 e. The molecule has 1 saturated heterocycles. The van der Waals surface area contributed by atoms with Gasteiger partial charge in [-0.15, -0.1) is 0 Å².